The van der Waals surface area contributed by atoms with Crippen LogP contribution in [-0.4, -0.2) is 30.4 Å². The molecule has 4 heteroatoms. The molecule has 0 bridgehead atoms. The molecular weight excluding hydrogens is 216 g/mol. The van der Waals surface area contributed by atoms with Crippen molar-refractivity contribution in [3.63, 3.8) is 0 Å². The fourth-order valence-corrected chi connectivity index (χ4v) is 1.75. The average molecular weight is 236 g/mol. The summed E-state index contributed by atoms with van der Waals surface area (Å²) in [7, 11) is 1.82. The standard InChI is InChI=1S/C13H20N2O2/c1-10-3-6-12(17-10)9-15(2)13(16)7-8-14-11-4-5-11/h3,6,11,14H,4-5,7-9H2,1-2H3. The molecule has 1 aromatic rings. The second-order valence-corrected chi connectivity index (χ2v) is 4.74. The van der Waals surface area contributed by atoms with Gasteiger partial charge in [-0.25, -0.2) is 0 Å². The molecule has 1 aliphatic rings. The zero-order valence-corrected chi connectivity index (χ0v) is 10.5. The maximum atomic E-state index is 11.8. The van der Waals surface area contributed by atoms with Crippen molar-refractivity contribution in [3.05, 3.63) is 23.7 Å². The zero-order valence-electron chi connectivity index (χ0n) is 10.5. The van der Waals surface area contributed by atoms with Crippen LogP contribution in [0.3, 0.4) is 0 Å². The number of hydrogen-bond acceptors (Lipinski definition) is 3. The molecule has 0 radical (unpaired) electrons. The van der Waals surface area contributed by atoms with Crippen LogP contribution in [-0.2, 0) is 11.3 Å². The molecule has 1 heterocycles. The van der Waals surface area contributed by atoms with Crippen LogP contribution in [0.5, 0.6) is 0 Å². The topological polar surface area (TPSA) is 45.5 Å². The Bertz CT molecular complexity index is 383. The van der Waals surface area contributed by atoms with Gasteiger partial charge < -0.3 is 14.6 Å². The molecule has 2 rings (SSSR count). The van der Waals surface area contributed by atoms with Gasteiger partial charge in [0.05, 0.1) is 6.54 Å². The van der Waals surface area contributed by atoms with Gasteiger partial charge in [-0.05, 0) is 31.9 Å². The Morgan fingerprint density at radius 1 is 1.53 bits per heavy atom. The summed E-state index contributed by atoms with van der Waals surface area (Å²) in [5, 5.41) is 3.34. The minimum atomic E-state index is 0.159. The molecule has 0 aliphatic heterocycles. The van der Waals surface area contributed by atoms with Gasteiger partial charge in [-0.1, -0.05) is 0 Å². The van der Waals surface area contributed by atoms with Crippen molar-refractivity contribution < 1.29 is 9.21 Å². The Hall–Kier alpha value is -1.29. The first-order valence-corrected chi connectivity index (χ1v) is 6.18. The van der Waals surface area contributed by atoms with E-state index in [9.17, 15) is 4.79 Å². The average Bonchev–Trinajstić information content (AvgIpc) is 3.02. The van der Waals surface area contributed by atoms with Gasteiger partial charge >= 0.3 is 0 Å². The summed E-state index contributed by atoms with van der Waals surface area (Å²) in [6.45, 7) is 3.24. The molecule has 17 heavy (non-hydrogen) atoms. The molecule has 1 amide bonds. The number of furan rings is 1. The van der Waals surface area contributed by atoms with E-state index in [0.717, 1.165) is 18.1 Å². The van der Waals surface area contributed by atoms with Crippen molar-refractivity contribution in [1.82, 2.24) is 10.2 Å². The summed E-state index contributed by atoms with van der Waals surface area (Å²) in [4.78, 5) is 13.5. The zero-order chi connectivity index (χ0) is 12.3. The first kappa shape index (κ1) is 12.2. The third-order valence-corrected chi connectivity index (χ3v) is 2.96. The van der Waals surface area contributed by atoms with E-state index in [1.54, 1.807) is 4.90 Å². The monoisotopic (exact) mass is 236 g/mol. The number of nitrogens with one attached hydrogen (secondary N) is 1. The maximum absolute atomic E-state index is 11.8. The van der Waals surface area contributed by atoms with Gasteiger partial charge in [0.1, 0.15) is 11.5 Å². The molecule has 0 aromatic carbocycles. The van der Waals surface area contributed by atoms with Gasteiger partial charge in [-0.15, -0.1) is 0 Å². The van der Waals surface area contributed by atoms with Crippen molar-refractivity contribution >= 4 is 5.91 Å². The Morgan fingerprint density at radius 3 is 2.88 bits per heavy atom. The highest BCUT2D eigenvalue weighted by Crippen LogP contribution is 2.18. The Labute approximate surface area is 102 Å². The van der Waals surface area contributed by atoms with Gasteiger partial charge in [0, 0.05) is 26.1 Å². The van der Waals surface area contributed by atoms with E-state index in [-0.39, 0.29) is 5.91 Å². The molecule has 4 nitrogen and oxygen atoms in total. The number of nitrogens with zero attached hydrogens (tertiary/aromatic N) is 1. The number of aryl methyl sites for hydroxylation is 1. The fourth-order valence-electron chi connectivity index (χ4n) is 1.75. The Kier molecular flexibility index (Phi) is 3.84. The lowest BCUT2D eigenvalue weighted by molar-refractivity contribution is -0.130. The molecule has 1 fully saturated rings. The van der Waals surface area contributed by atoms with Crippen molar-refractivity contribution in [1.29, 1.82) is 0 Å². The van der Waals surface area contributed by atoms with E-state index in [0.29, 0.717) is 19.0 Å². The van der Waals surface area contributed by atoms with E-state index < -0.39 is 0 Å². The van der Waals surface area contributed by atoms with Crippen LogP contribution >= 0.6 is 0 Å². The summed E-state index contributed by atoms with van der Waals surface area (Å²) < 4.78 is 5.45. The minimum Gasteiger partial charge on any atom is -0.464 e. The number of carbonyl (C=O) groups is 1. The van der Waals surface area contributed by atoms with Crippen LogP contribution in [0, 0.1) is 6.92 Å². The van der Waals surface area contributed by atoms with Crippen LogP contribution in [0.15, 0.2) is 16.5 Å². The molecule has 0 spiro atoms. The summed E-state index contributed by atoms with van der Waals surface area (Å²) in [5.41, 5.74) is 0. The molecule has 1 saturated carbocycles. The van der Waals surface area contributed by atoms with Crippen LogP contribution in [0.2, 0.25) is 0 Å². The van der Waals surface area contributed by atoms with Crippen LogP contribution in [0.4, 0.5) is 0 Å². The lowest BCUT2D eigenvalue weighted by atomic mass is 10.3. The Balaban J connectivity index is 1.70. The predicted octanol–water partition coefficient (Wildman–Crippen LogP) is 1.69. The SMILES string of the molecule is Cc1ccc(CN(C)C(=O)CCNC2CC2)o1. The first-order valence-electron chi connectivity index (χ1n) is 6.18. The summed E-state index contributed by atoms with van der Waals surface area (Å²) in [6, 6.07) is 4.50. The minimum absolute atomic E-state index is 0.159. The van der Waals surface area contributed by atoms with Gasteiger partial charge in [0.25, 0.3) is 0 Å². The van der Waals surface area contributed by atoms with E-state index in [1.165, 1.54) is 12.8 Å². The lowest BCUT2D eigenvalue weighted by Gasteiger charge is -2.15. The molecular formula is C13H20N2O2. The second-order valence-electron chi connectivity index (χ2n) is 4.74. The van der Waals surface area contributed by atoms with Crippen molar-refractivity contribution in [2.75, 3.05) is 13.6 Å². The summed E-state index contributed by atoms with van der Waals surface area (Å²) in [5.74, 6) is 1.89. The third kappa shape index (κ3) is 3.89. The number of amides is 1. The van der Waals surface area contributed by atoms with Gasteiger partial charge in [0.2, 0.25) is 5.91 Å². The molecule has 0 atom stereocenters. The quantitative estimate of drug-likeness (QED) is 0.817. The number of rotatable bonds is 6. The first-order chi connectivity index (χ1) is 8.15. The maximum Gasteiger partial charge on any atom is 0.223 e. The van der Waals surface area contributed by atoms with Gasteiger partial charge in [-0.3, -0.25) is 4.79 Å². The Morgan fingerprint density at radius 2 is 2.29 bits per heavy atom. The third-order valence-electron chi connectivity index (χ3n) is 2.96. The van der Waals surface area contributed by atoms with Crippen LogP contribution < -0.4 is 5.32 Å². The van der Waals surface area contributed by atoms with Gasteiger partial charge in [-0.2, -0.15) is 0 Å². The smallest absolute Gasteiger partial charge is 0.223 e. The van der Waals surface area contributed by atoms with Crippen LogP contribution in [0.1, 0.15) is 30.8 Å². The number of carbonyl (C=O) groups excluding carboxylic acids is 1. The fraction of sp³-hybridized carbons (Fsp3) is 0.615. The highest BCUT2D eigenvalue weighted by Gasteiger charge is 2.20. The van der Waals surface area contributed by atoms with E-state index in [2.05, 4.69) is 5.32 Å². The molecule has 1 aliphatic carbocycles. The van der Waals surface area contributed by atoms with Crippen LogP contribution in [0.25, 0.3) is 0 Å². The van der Waals surface area contributed by atoms with Crippen molar-refractivity contribution in [3.8, 4) is 0 Å². The molecule has 94 valence electrons. The molecule has 1 N–H and O–H groups in total. The van der Waals surface area contributed by atoms with E-state index in [1.807, 2.05) is 26.1 Å². The summed E-state index contributed by atoms with van der Waals surface area (Å²) >= 11 is 0. The predicted molar refractivity (Wildman–Crippen MR) is 65.6 cm³/mol. The van der Waals surface area contributed by atoms with Gasteiger partial charge in [0.15, 0.2) is 0 Å². The normalized spacial score (nSPS) is 14.9. The van der Waals surface area contributed by atoms with Crippen molar-refractivity contribution in [2.24, 2.45) is 0 Å². The van der Waals surface area contributed by atoms with E-state index in [4.69, 9.17) is 4.42 Å². The summed E-state index contributed by atoms with van der Waals surface area (Å²) in [6.07, 6.45) is 3.08. The van der Waals surface area contributed by atoms with E-state index >= 15 is 0 Å². The van der Waals surface area contributed by atoms with Crippen molar-refractivity contribution in [2.45, 2.75) is 38.8 Å². The highest BCUT2D eigenvalue weighted by molar-refractivity contribution is 5.76. The molecule has 0 unspecified atom stereocenters. The number of hydrogen-bond donors (Lipinski definition) is 1. The largest absolute Gasteiger partial charge is 0.464 e. The second kappa shape index (κ2) is 5.36. The molecule has 0 saturated heterocycles. The highest BCUT2D eigenvalue weighted by atomic mass is 16.3. The lowest BCUT2D eigenvalue weighted by Crippen LogP contribution is -2.30. The molecule has 1 aromatic heterocycles.